The number of carbonyl (C=O) groups is 1. The highest BCUT2D eigenvalue weighted by molar-refractivity contribution is 7.14. The van der Waals surface area contributed by atoms with Gasteiger partial charge in [0.05, 0.1) is 6.26 Å². The van der Waals surface area contributed by atoms with E-state index in [9.17, 15) is 4.79 Å². The first-order chi connectivity index (χ1) is 13.3. The number of carbonyl (C=O) groups excluding carboxylic acids is 1. The van der Waals surface area contributed by atoms with Crippen molar-refractivity contribution >= 4 is 39.0 Å². The Hall–Kier alpha value is -3.12. The third kappa shape index (κ3) is 3.08. The van der Waals surface area contributed by atoms with E-state index in [1.165, 1.54) is 22.5 Å². The number of hydrogen-bond donors (Lipinski definition) is 1. The Morgan fingerprint density at radius 3 is 2.96 bits per heavy atom. The van der Waals surface area contributed by atoms with Crippen LogP contribution in [0.4, 0.5) is 10.8 Å². The molecule has 0 spiro atoms. The van der Waals surface area contributed by atoms with Gasteiger partial charge >= 0.3 is 0 Å². The number of amides is 1. The lowest BCUT2D eigenvalue weighted by atomic mass is 10.00. The van der Waals surface area contributed by atoms with Crippen LogP contribution in [0.3, 0.4) is 0 Å². The molecular weight excluding hydrogens is 358 g/mol. The van der Waals surface area contributed by atoms with Crippen molar-refractivity contribution in [1.29, 1.82) is 0 Å². The van der Waals surface area contributed by atoms with Gasteiger partial charge in [-0.05, 0) is 41.8 Å². The van der Waals surface area contributed by atoms with Gasteiger partial charge in [0.25, 0.3) is 5.91 Å². The third-order valence-electron chi connectivity index (χ3n) is 4.84. The number of fused-ring (bicyclic) bond motifs is 2. The van der Waals surface area contributed by atoms with Gasteiger partial charge in [0.2, 0.25) is 0 Å². The van der Waals surface area contributed by atoms with E-state index in [1.807, 2.05) is 40.6 Å². The topological polar surface area (TPSA) is 58.4 Å². The minimum Gasteiger partial charge on any atom is -0.464 e. The highest BCUT2D eigenvalue weighted by Gasteiger charge is 2.23. The van der Waals surface area contributed by atoms with Crippen LogP contribution in [0.25, 0.3) is 11.0 Å². The molecule has 0 saturated heterocycles. The van der Waals surface area contributed by atoms with Crippen LogP contribution in [0.5, 0.6) is 0 Å². The molecule has 0 unspecified atom stereocenters. The van der Waals surface area contributed by atoms with Crippen molar-refractivity contribution < 1.29 is 9.21 Å². The maximum absolute atomic E-state index is 12.8. The van der Waals surface area contributed by atoms with E-state index in [0.717, 1.165) is 29.6 Å². The average Bonchev–Trinajstić information content (AvgIpc) is 3.36. The number of hydrogen-bond acceptors (Lipinski definition) is 5. The molecule has 0 radical (unpaired) electrons. The Morgan fingerprint density at radius 2 is 2.04 bits per heavy atom. The third-order valence-corrected chi connectivity index (χ3v) is 5.60. The summed E-state index contributed by atoms with van der Waals surface area (Å²) in [6.07, 6.45) is 2.56. The summed E-state index contributed by atoms with van der Waals surface area (Å²) in [4.78, 5) is 19.2. The summed E-state index contributed by atoms with van der Waals surface area (Å²) in [7, 11) is 0. The molecule has 5 nitrogen and oxygen atoms in total. The van der Waals surface area contributed by atoms with E-state index in [4.69, 9.17) is 4.42 Å². The number of thiazole rings is 1. The van der Waals surface area contributed by atoms with Crippen molar-refractivity contribution in [3.63, 3.8) is 0 Å². The summed E-state index contributed by atoms with van der Waals surface area (Å²) in [5.74, 6) is -0.0147. The summed E-state index contributed by atoms with van der Waals surface area (Å²) in [6, 6.07) is 16.1. The maximum atomic E-state index is 12.8. The highest BCUT2D eigenvalue weighted by atomic mass is 32.1. The monoisotopic (exact) mass is 375 g/mol. The summed E-state index contributed by atoms with van der Waals surface area (Å²) < 4.78 is 5.36. The predicted octanol–water partition coefficient (Wildman–Crippen LogP) is 4.83. The molecule has 0 saturated carbocycles. The molecule has 6 heteroatoms. The van der Waals surface area contributed by atoms with Crippen LogP contribution < -0.4 is 5.32 Å². The van der Waals surface area contributed by atoms with Crippen molar-refractivity contribution in [2.75, 3.05) is 11.9 Å². The van der Waals surface area contributed by atoms with E-state index < -0.39 is 0 Å². The Morgan fingerprint density at radius 1 is 1.15 bits per heavy atom. The van der Waals surface area contributed by atoms with Crippen LogP contribution in [0.15, 0.2) is 64.6 Å². The predicted molar refractivity (Wildman–Crippen MR) is 106 cm³/mol. The Kier molecular flexibility index (Phi) is 3.90. The standard InChI is InChI=1S/C21H17N3O2S/c25-20(24-9-7-14-3-1-2-4-16(14)12-24)18-13-27-21(23-18)22-17-5-6-19-15(11-17)8-10-26-19/h1-6,8,10-11,13H,7,9,12H2,(H,22,23). The summed E-state index contributed by atoms with van der Waals surface area (Å²) in [5, 5.41) is 6.83. The second-order valence-electron chi connectivity index (χ2n) is 6.58. The molecule has 1 amide bonds. The Balaban J connectivity index is 1.32. The molecule has 4 aromatic rings. The number of benzene rings is 2. The summed E-state index contributed by atoms with van der Waals surface area (Å²) in [6.45, 7) is 1.37. The molecule has 1 aliphatic heterocycles. The molecule has 0 atom stereocenters. The molecule has 2 aromatic carbocycles. The van der Waals surface area contributed by atoms with Crippen LogP contribution >= 0.6 is 11.3 Å². The molecule has 0 fully saturated rings. The number of rotatable bonds is 3. The van der Waals surface area contributed by atoms with E-state index in [0.29, 0.717) is 17.4 Å². The maximum Gasteiger partial charge on any atom is 0.273 e. The first-order valence-electron chi connectivity index (χ1n) is 8.82. The quantitative estimate of drug-likeness (QED) is 0.557. The molecule has 0 bridgehead atoms. The van der Waals surface area contributed by atoms with Crippen LogP contribution in [-0.2, 0) is 13.0 Å². The lowest BCUT2D eigenvalue weighted by Crippen LogP contribution is -2.36. The van der Waals surface area contributed by atoms with Gasteiger partial charge in [-0.15, -0.1) is 11.3 Å². The van der Waals surface area contributed by atoms with Crippen LogP contribution in [0, 0.1) is 0 Å². The van der Waals surface area contributed by atoms with Gasteiger partial charge in [-0.2, -0.15) is 0 Å². The number of nitrogens with zero attached hydrogens (tertiary/aromatic N) is 2. The SMILES string of the molecule is O=C(c1csc(Nc2ccc3occc3c2)n1)N1CCc2ccccc2C1. The van der Waals surface area contributed by atoms with Crippen LogP contribution in [0.1, 0.15) is 21.6 Å². The fourth-order valence-electron chi connectivity index (χ4n) is 3.43. The number of aromatic nitrogens is 1. The van der Waals surface area contributed by atoms with Crippen molar-refractivity contribution in [1.82, 2.24) is 9.88 Å². The molecule has 3 heterocycles. The second-order valence-corrected chi connectivity index (χ2v) is 7.44. The van der Waals surface area contributed by atoms with Gasteiger partial charge < -0.3 is 14.6 Å². The molecule has 134 valence electrons. The zero-order valence-electron chi connectivity index (χ0n) is 14.5. The number of nitrogens with one attached hydrogen (secondary N) is 1. The molecular formula is C21H17N3O2S. The molecule has 27 heavy (non-hydrogen) atoms. The molecule has 1 N–H and O–H groups in total. The van der Waals surface area contributed by atoms with Crippen molar-refractivity contribution in [3.05, 3.63) is 77.0 Å². The largest absolute Gasteiger partial charge is 0.464 e. The van der Waals surface area contributed by atoms with Crippen molar-refractivity contribution in [2.24, 2.45) is 0 Å². The zero-order valence-corrected chi connectivity index (χ0v) is 15.3. The summed E-state index contributed by atoms with van der Waals surface area (Å²) in [5.41, 5.74) is 4.81. The van der Waals surface area contributed by atoms with Gasteiger partial charge in [-0.1, -0.05) is 24.3 Å². The number of furan rings is 1. The van der Waals surface area contributed by atoms with Crippen molar-refractivity contribution in [3.8, 4) is 0 Å². The fourth-order valence-corrected chi connectivity index (χ4v) is 4.13. The van der Waals surface area contributed by atoms with E-state index in [2.05, 4.69) is 28.5 Å². The molecule has 5 rings (SSSR count). The first-order valence-corrected chi connectivity index (χ1v) is 9.70. The number of anilines is 2. The van der Waals surface area contributed by atoms with Gasteiger partial charge in [-0.3, -0.25) is 4.79 Å². The highest BCUT2D eigenvalue weighted by Crippen LogP contribution is 2.26. The normalized spacial score (nSPS) is 13.6. The summed E-state index contributed by atoms with van der Waals surface area (Å²) >= 11 is 1.44. The zero-order chi connectivity index (χ0) is 18.2. The molecule has 1 aliphatic rings. The van der Waals surface area contributed by atoms with E-state index in [1.54, 1.807) is 6.26 Å². The second kappa shape index (κ2) is 6.55. The van der Waals surface area contributed by atoms with Gasteiger partial charge in [0.15, 0.2) is 5.13 Å². The van der Waals surface area contributed by atoms with Gasteiger partial charge in [0.1, 0.15) is 11.3 Å². The Bertz CT molecular complexity index is 1130. The lowest BCUT2D eigenvalue weighted by molar-refractivity contribution is 0.0729. The van der Waals surface area contributed by atoms with Crippen molar-refractivity contribution in [2.45, 2.75) is 13.0 Å². The van der Waals surface area contributed by atoms with Gasteiger partial charge in [0, 0.05) is 29.5 Å². The van der Waals surface area contributed by atoms with Crippen LogP contribution in [0.2, 0.25) is 0 Å². The Labute approximate surface area is 160 Å². The van der Waals surface area contributed by atoms with E-state index >= 15 is 0 Å². The van der Waals surface area contributed by atoms with Crippen LogP contribution in [-0.4, -0.2) is 22.3 Å². The fraction of sp³-hybridized carbons (Fsp3) is 0.143. The lowest BCUT2D eigenvalue weighted by Gasteiger charge is -2.28. The minimum atomic E-state index is -0.0147. The smallest absolute Gasteiger partial charge is 0.273 e. The average molecular weight is 375 g/mol. The molecule has 0 aliphatic carbocycles. The first kappa shape index (κ1) is 16.1. The van der Waals surface area contributed by atoms with E-state index in [-0.39, 0.29) is 5.91 Å². The minimum absolute atomic E-state index is 0.0147. The van der Waals surface area contributed by atoms with Gasteiger partial charge in [-0.25, -0.2) is 4.98 Å². The molecule has 2 aromatic heterocycles.